The molecule has 2 N–H and O–H groups in total. The van der Waals surface area contributed by atoms with Gasteiger partial charge < -0.3 is 5.32 Å². The molecule has 0 spiro atoms. The van der Waals surface area contributed by atoms with Gasteiger partial charge in [-0.05, 0) is 30.7 Å². The van der Waals surface area contributed by atoms with E-state index in [0.29, 0.717) is 28.1 Å². The summed E-state index contributed by atoms with van der Waals surface area (Å²) in [5, 5.41) is 4.20. The zero-order valence-electron chi connectivity index (χ0n) is 15.7. The molecular weight excluding hydrogens is 405 g/mol. The molecule has 1 aromatic heterocycles. The third-order valence-corrected chi connectivity index (χ3v) is 5.43. The van der Waals surface area contributed by atoms with E-state index in [1.807, 2.05) is 61.5 Å². The molecule has 1 heterocycles. The van der Waals surface area contributed by atoms with Crippen LogP contribution in [0.5, 0.6) is 0 Å². The maximum absolute atomic E-state index is 12.9. The molecule has 0 saturated heterocycles. The van der Waals surface area contributed by atoms with E-state index in [9.17, 15) is 4.79 Å². The number of H-pyrrole nitrogens is 1. The zero-order chi connectivity index (χ0) is 20.4. The lowest BCUT2D eigenvalue weighted by atomic mass is 10.1. The predicted molar refractivity (Wildman–Crippen MR) is 120 cm³/mol. The number of aromatic nitrogens is 2. The second-order valence-electron chi connectivity index (χ2n) is 6.79. The van der Waals surface area contributed by atoms with Crippen LogP contribution in [0.15, 0.2) is 77.6 Å². The van der Waals surface area contributed by atoms with Crippen molar-refractivity contribution in [3.63, 3.8) is 0 Å². The molecule has 3 aromatic carbocycles. The fraction of sp³-hybridized carbons (Fsp3) is 0.0870. The Morgan fingerprint density at radius 3 is 2.34 bits per heavy atom. The van der Waals surface area contributed by atoms with Gasteiger partial charge in [0, 0.05) is 12.1 Å². The van der Waals surface area contributed by atoms with Crippen molar-refractivity contribution in [3.8, 4) is 16.9 Å². The number of anilines is 1. The molecule has 0 unspecified atom stereocenters. The normalized spacial score (nSPS) is 10.9. The summed E-state index contributed by atoms with van der Waals surface area (Å²) in [6, 6.07) is 23.2. The molecule has 146 valence electrons. The summed E-state index contributed by atoms with van der Waals surface area (Å²) >= 11 is 12.3. The molecular formula is C23H19Cl2N3O. The van der Waals surface area contributed by atoms with Crippen LogP contribution in [0.4, 0.5) is 5.82 Å². The lowest BCUT2D eigenvalue weighted by molar-refractivity contribution is 0.993. The highest BCUT2D eigenvalue weighted by Crippen LogP contribution is 2.31. The fourth-order valence-electron chi connectivity index (χ4n) is 3.20. The second kappa shape index (κ2) is 8.19. The highest BCUT2D eigenvalue weighted by atomic mass is 35.5. The summed E-state index contributed by atoms with van der Waals surface area (Å²) in [4.78, 5) is 15.8. The first-order valence-electron chi connectivity index (χ1n) is 9.18. The van der Waals surface area contributed by atoms with Crippen LogP contribution in [0.3, 0.4) is 0 Å². The van der Waals surface area contributed by atoms with E-state index >= 15 is 0 Å². The molecule has 0 aliphatic heterocycles. The van der Waals surface area contributed by atoms with Crippen molar-refractivity contribution >= 4 is 29.0 Å². The van der Waals surface area contributed by atoms with Crippen molar-refractivity contribution in [1.82, 2.24) is 9.55 Å². The standard InChI is InChI=1S/C23H19Cl2N3O/c1-15-7-9-17(10-8-15)21-22(26-14-16-5-3-2-4-6-16)27-23(29)28(21)18-11-12-19(24)20(25)13-18/h2-13,26H,14H2,1H3,(H,27,29). The first-order valence-corrected chi connectivity index (χ1v) is 9.94. The smallest absolute Gasteiger partial charge is 0.332 e. The number of aromatic amines is 1. The molecule has 0 aliphatic carbocycles. The van der Waals surface area contributed by atoms with Gasteiger partial charge in [-0.3, -0.25) is 9.55 Å². The Morgan fingerprint density at radius 1 is 0.931 bits per heavy atom. The Bertz CT molecular complexity index is 1200. The molecule has 0 aliphatic rings. The van der Waals surface area contributed by atoms with Crippen molar-refractivity contribution < 1.29 is 0 Å². The molecule has 0 saturated carbocycles. The molecule has 4 nitrogen and oxygen atoms in total. The van der Waals surface area contributed by atoms with Crippen molar-refractivity contribution in [1.29, 1.82) is 0 Å². The third-order valence-electron chi connectivity index (χ3n) is 4.69. The van der Waals surface area contributed by atoms with Crippen LogP contribution in [0.25, 0.3) is 16.9 Å². The highest BCUT2D eigenvalue weighted by molar-refractivity contribution is 6.42. The van der Waals surface area contributed by atoms with E-state index in [1.165, 1.54) is 0 Å². The number of nitrogens with zero attached hydrogens (tertiary/aromatic N) is 1. The van der Waals surface area contributed by atoms with Gasteiger partial charge in [0.05, 0.1) is 21.4 Å². The van der Waals surface area contributed by atoms with Crippen LogP contribution in [-0.4, -0.2) is 9.55 Å². The average Bonchev–Trinajstić information content (AvgIpc) is 3.06. The first kappa shape index (κ1) is 19.4. The number of benzene rings is 3. The molecule has 29 heavy (non-hydrogen) atoms. The average molecular weight is 424 g/mol. The van der Waals surface area contributed by atoms with E-state index < -0.39 is 0 Å². The molecule has 4 rings (SSSR count). The van der Waals surface area contributed by atoms with Crippen molar-refractivity contribution in [2.24, 2.45) is 0 Å². The number of aryl methyl sites for hydroxylation is 1. The summed E-state index contributed by atoms with van der Waals surface area (Å²) in [5.74, 6) is 0.647. The molecule has 0 amide bonds. The Kier molecular flexibility index (Phi) is 5.47. The summed E-state index contributed by atoms with van der Waals surface area (Å²) in [7, 11) is 0. The number of hydrogen-bond acceptors (Lipinski definition) is 2. The fourth-order valence-corrected chi connectivity index (χ4v) is 3.50. The van der Waals surface area contributed by atoms with E-state index in [-0.39, 0.29) is 5.69 Å². The number of hydrogen-bond donors (Lipinski definition) is 2. The van der Waals surface area contributed by atoms with Gasteiger partial charge in [0.1, 0.15) is 5.82 Å². The monoisotopic (exact) mass is 423 g/mol. The summed E-state index contributed by atoms with van der Waals surface area (Å²) in [6.45, 7) is 2.61. The quantitative estimate of drug-likeness (QED) is 0.409. The number of nitrogens with one attached hydrogen (secondary N) is 2. The Morgan fingerprint density at radius 2 is 1.66 bits per heavy atom. The van der Waals surface area contributed by atoms with Crippen LogP contribution >= 0.6 is 23.2 Å². The number of halogens is 2. The van der Waals surface area contributed by atoms with E-state index in [4.69, 9.17) is 23.2 Å². The molecule has 0 radical (unpaired) electrons. The van der Waals surface area contributed by atoms with Crippen molar-refractivity contribution in [2.45, 2.75) is 13.5 Å². The van der Waals surface area contributed by atoms with Gasteiger partial charge in [0.15, 0.2) is 0 Å². The highest BCUT2D eigenvalue weighted by Gasteiger charge is 2.18. The lowest BCUT2D eigenvalue weighted by Gasteiger charge is -2.12. The molecule has 0 fully saturated rings. The van der Waals surface area contributed by atoms with Gasteiger partial charge in [0.25, 0.3) is 0 Å². The minimum atomic E-state index is -0.255. The first-order chi connectivity index (χ1) is 14.0. The second-order valence-corrected chi connectivity index (χ2v) is 7.61. The van der Waals surface area contributed by atoms with Gasteiger partial charge in [-0.1, -0.05) is 83.4 Å². The summed E-state index contributed by atoms with van der Waals surface area (Å²) in [6.07, 6.45) is 0. The van der Waals surface area contributed by atoms with E-state index in [0.717, 1.165) is 22.4 Å². The van der Waals surface area contributed by atoms with Crippen molar-refractivity contribution in [2.75, 3.05) is 5.32 Å². The maximum atomic E-state index is 12.9. The van der Waals surface area contributed by atoms with Gasteiger partial charge in [-0.15, -0.1) is 0 Å². The molecule has 4 aromatic rings. The van der Waals surface area contributed by atoms with Crippen molar-refractivity contribution in [3.05, 3.63) is 104 Å². The summed E-state index contributed by atoms with van der Waals surface area (Å²) in [5.41, 5.74) is 4.30. The predicted octanol–water partition coefficient (Wildman–Crippen LogP) is 6.06. The maximum Gasteiger partial charge on any atom is 0.332 e. The van der Waals surface area contributed by atoms with Crippen LogP contribution in [0.2, 0.25) is 10.0 Å². The largest absolute Gasteiger partial charge is 0.366 e. The zero-order valence-corrected chi connectivity index (χ0v) is 17.3. The Hall–Kier alpha value is -2.95. The SMILES string of the molecule is Cc1ccc(-c2c(NCc3ccccc3)[nH]c(=O)n2-c2ccc(Cl)c(Cl)c2)cc1. The van der Waals surface area contributed by atoms with E-state index in [2.05, 4.69) is 10.3 Å². The van der Waals surface area contributed by atoms with Gasteiger partial charge in [0.2, 0.25) is 0 Å². The summed E-state index contributed by atoms with van der Waals surface area (Å²) < 4.78 is 1.61. The molecule has 6 heteroatoms. The minimum Gasteiger partial charge on any atom is -0.366 e. The molecule has 0 atom stereocenters. The van der Waals surface area contributed by atoms with Crippen LogP contribution in [0, 0.1) is 6.92 Å². The van der Waals surface area contributed by atoms with Crippen LogP contribution in [0.1, 0.15) is 11.1 Å². The number of rotatable bonds is 5. The van der Waals surface area contributed by atoms with E-state index in [1.54, 1.807) is 22.8 Å². The third kappa shape index (κ3) is 4.09. The Labute approximate surface area is 178 Å². The van der Waals surface area contributed by atoms with Gasteiger partial charge in [-0.2, -0.15) is 0 Å². The molecule has 0 bridgehead atoms. The van der Waals surface area contributed by atoms with Crippen LogP contribution in [-0.2, 0) is 6.54 Å². The topological polar surface area (TPSA) is 49.8 Å². The van der Waals surface area contributed by atoms with Gasteiger partial charge >= 0.3 is 5.69 Å². The number of imidazole rings is 1. The lowest BCUT2D eigenvalue weighted by Crippen LogP contribution is -2.15. The van der Waals surface area contributed by atoms with Gasteiger partial charge in [-0.25, -0.2) is 4.79 Å². The van der Waals surface area contributed by atoms with Crippen LogP contribution < -0.4 is 11.0 Å². The Balaban J connectivity index is 1.83. The minimum absolute atomic E-state index is 0.255.